The van der Waals surface area contributed by atoms with Crippen molar-refractivity contribution in [3.8, 4) is 0 Å². The molecule has 2 heterocycles. The molecule has 0 amide bonds. The van der Waals surface area contributed by atoms with Crippen LogP contribution in [0.25, 0.3) is 0 Å². The normalized spacial score (nSPS) is 17.5. The van der Waals surface area contributed by atoms with Crippen molar-refractivity contribution in [1.29, 1.82) is 0 Å². The van der Waals surface area contributed by atoms with Crippen molar-refractivity contribution in [1.82, 2.24) is 9.72 Å². The molecular formula is C15H18N2O2. The summed E-state index contributed by atoms with van der Waals surface area (Å²) in [5.41, 5.74) is 2.94. The second-order valence-electron chi connectivity index (χ2n) is 6.17. The second-order valence-corrected chi connectivity index (χ2v) is 6.17. The van der Waals surface area contributed by atoms with Gasteiger partial charge in [0, 0.05) is 29.9 Å². The molecule has 0 unspecified atom stereocenters. The predicted molar refractivity (Wildman–Crippen MR) is 71.2 cm³/mol. The van der Waals surface area contributed by atoms with Crippen molar-refractivity contribution in [2.45, 2.75) is 40.2 Å². The molecule has 1 aliphatic rings. The summed E-state index contributed by atoms with van der Waals surface area (Å²) in [6.07, 6.45) is 3.54. The van der Waals surface area contributed by atoms with Crippen LogP contribution in [0.1, 0.15) is 47.8 Å². The fraction of sp³-hybridized carbons (Fsp3) is 0.467. The van der Waals surface area contributed by atoms with Crippen LogP contribution in [0.3, 0.4) is 0 Å². The first kappa shape index (κ1) is 12.2. The van der Waals surface area contributed by atoms with Gasteiger partial charge in [0.1, 0.15) is 11.5 Å². The van der Waals surface area contributed by atoms with Gasteiger partial charge in [0.2, 0.25) is 0 Å². The molecule has 0 aromatic carbocycles. The van der Waals surface area contributed by atoms with E-state index in [1.165, 1.54) is 0 Å². The van der Waals surface area contributed by atoms with E-state index in [9.17, 15) is 4.79 Å². The number of aryl methyl sites for hydroxylation is 1. The van der Waals surface area contributed by atoms with E-state index in [1.807, 2.05) is 25.3 Å². The van der Waals surface area contributed by atoms with Gasteiger partial charge in [-0.15, -0.1) is 0 Å². The number of Topliss-reactive ketones (excluding diaryl/α,β-unsaturated/α-hetero) is 1. The molecule has 4 nitrogen and oxygen atoms in total. The minimum atomic E-state index is 0.0416. The van der Waals surface area contributed by atoms with E-state index in [-0.39, 0.29) is 11.2 Å². The quantitative estimate of drug-likeness (QED) is 0.832. The highest BCUT2D eigenvalue weighted by molar-refractivity contribution is 5.98. The molecule has 2 aromatic rings. The molecule has 100 valence electrons. The third kappa shape index (κ3) is 2.23. The SMILES string of the molecule is Cc1cc(Cn2ccc3c2CC(C)(C)CC3=O)no1. The number of hydrogen-bond donors (Lipinski definition) is 0. The van der Waals surface area contributed by atoms with E-state index in [4.69, 9.17) is 4.52 Å². The van der Waals surface area contributed by atoms with E-state index in [2.05, 4.69) is 23.6 Å². The third-order valence-electron chi connectivity index (χ3n) is 3.67. The summed E-state index contributed by atoms with van der Waals surface area (Å²) in [5, 5.41) is 4.01. The van der Waals surface area contributed by atoms with E-state index in [1.54, 1.807) is 0 Å². The number of nitrogens with zero attached hydrogens (tertiary/aromatic N) is 2. The Balaban J connectivity index is 1.95. The van der Waals surface area contributed by atoms with Crippen LogP contribution in [0.15, 0.2) is 22.9 Å². The Bertz CT molecular complexity index is 634. The molecule has 0 saturated heterocycles. The van der Waals surface area contributed by atoms with Crippen LogP contribution < -0.4 is 0 Å². The van der Waals surface area contributed by atoms with Crippen LogP contribution in [0.2, 0.25) is 0 Å². The maximum absolute atomic E-state index is 12.1. The van der Waals surface area contributed by atoms with Gasteiger partial charge in [0.15, 0.2) is 5.78 Å². The lowest BCUT2D eigenvalue weighted by Crippen LogP contribution is -2.28. The zero-order valence-electron chi connectivity index (χ0n) is 11.6. The molecule has 0 aliphatic heterocycles. The van der Waals surface area contributed by atoms with Crippen molar-refractivity contribution >= 4 is 5.78 Å². The fourth-order valence-electron chi connectivity index (χ4n) is 2.82. The van der Waals surface area contributed by atoms with Gasteiger partial charge >= 0.3 is 0 Å². The number of aromatic nitrogens is 2. The molecule has 0 N–H and O–H groups in total. The molecule has 2 aromatic heterocycles. The van der Waals surface area contributed by atoms with Crippen molar-refractivity contribution in [3.05, 3.63) is 41.0 Å². The fourth-order valence-corrected chi connectivity index (χ4v) is 2.82. The second kappa shape index (κ2) is 4.08. The highest BCUT2D eigenvalue weighted by Crippen LogP contribution is 2.35. The van der Waals surface area contributed by atoms with Gasteiger partial charge in [-0.25, -0.2) is 0 Å². The highest BCUT2D eigenvalue weighted by Gasteiger charge is 2.32. The Kier molecular flexibility index (Phi) is 2.62. The van der Waals surface area contributed by atoms with Crippen LogP contribution >= 0.6 is 0 Å². The Labute approximate surface area is 112 Å². The lowest BCUT2D eigenvalue weighted by atomic mass is 9.76. The minimum absolute atomic E-state index is 0.0416. The maximum atomic E-state index is 12.1. The van der Waals surface area contributed by atoms with Gasteiger partial charge in [0.05, 0.1) is 6.54 Å². The molecule has 3 rings (SSSR count). The Morgan fingerprint density at radius 1 is 1.42 bits per heavy atom. The van der Waals surface area contributed by atoms with Crippen LogP contribution in [-0.4, -0.2) is 15.5 Å². The number of rotatable bonds is 2. The van der Waals surface area contributed by atoms with Gasteiger partial charge in [-0.3, -0.25) is 4.79 Å². The molecule has 0 bridgehead atoms. The molecule has 4 heteroatoms. The molecule has 0 radical (unpaired) electrons. The van der Waals surface area contributed by atoms with Gasteiger partial charge < -0.3 is 9.09 Å². The van der Waals surface area contributed by atoms with Crippen LogP contribution in [0, 0.1) is 12.3 Å². The van der Waals surface area contributed by atoms with E-state index < -0.39 is 0 Å². The number of fused-ring (bicyclic) bond motifs is 1. The summed E-state index contributed by atoms with van der Waals surface area (Å²) in [7, 11) is 0. The van der Waals surface area contributed by atoms with Crippen molar-refractivity contribution < 1.29 is 9.32 Å². The molecule has 19 heavy (non-hydrogen) atoms. The first-order chi connectivity index (χ1) is 8.94. The van der Waals surface area contributed by atoms with Crippen LogP contribution in [-0.2, 0) is 13.0 Å². The standard InChI is InChI=1S/C15H18N2O2/c1-10-6-11(16-19-10)9-17-5-4-12-13(17)7-15(2,3)8-14(12)18/h4-6H,7-9H2,1-3H3. The number of ketones is 1. The first-order valence-electron chi connectivity index (χ1n) is 6.58. The van der Waals surface area contributed by atoms with Gasteiger partial charge in [-0.2, -0.15) is 0 Å². The summed E-state index contributed by atoms with van der Waals surface area (Å²) < 4.78 is 7.21. The van der Waals surface area contributed by atoms with Gasteiger partial charge in [-0.1, -0.05) is 19.0 Å². The average molecular weight is 258 g/mol. The summed E-state index contributed by atoms with van der Waals surface area (Å²) in [4.78, 5) is 12.1. The minimum Gasteiger partial charge on any atom is -0.361 e. The number of carbonyl (C=O) groups excluding carboxylic acids is 1. The molecule has 0 saturated carbocycles. The summed E-state index contributed by atoms with van der Waals surface area (Å²) in [6.45, 7) is 6.83. The van der Waals surface area contributed by atoms with E-state index in [0.29, 0.717) is 13.0 Å². The molecule has 1 aliphatic carbocycles. The zero-order chi connectivity index (χ0) is 13.6. The lowest BCUT2D eigenvalue weighted by molar-refractivity contribution is 0.0910. The molecule has 0 fully saturated rings. The highest BCUT2D eigenvalue weighted by atomic mass is 16.5. The largest absolute Gasteiger partial charge is 0.361 e. The zero-order valence-corrected chi connectivity index (χ0v) is 11.6. The van der Waals surface area contributed by atoms with Crippen molar-refractivity contribution in [2.75, 3.05) is 0 Å². The number of hydrogen-bond acceptors (Lipinski definition) is 3. The molecule has 0 atom stereocenters. The predicted octanol–water partition coefficient (Wildman–Crippen LogP) is 2.99. The first-order valence-corrected chi connectivity index (χ1v) is 6.58. The van der Waals surface area contributed by atoms with Gasteiger partial charge in [0.25, 0.3) is 0 Å². The lowest BCUT2D eigenvalue weighted by Gasteiger charge is -2.29. The third-order valence-corrected chi connectivity index (χ3v) is 3.67. The van der Waals surface area contributed by atoms with E-state index in [0.717, 1.165) is 29.1 Å². The smallest absolute Gasteiger partial charge is 0.165 e. The van der Waals surface area contributed by atoms with E-state index >= 15 is 0 Å². The Hall–Kier alpha value is -1.84. The molecule has 0 spiro atoms. The van der Waals surface area contributed by atoms with Crippen LogP contribution in [0.4, 0.5) is 0 Å². The summed E-state index contributed by atoms with van der Waals surface area (Å²) in [5.74, 6) is 1.06. The topological polar surface area (TPSA) is 48.0 Å². The average Bonchev–Trinajstić information content (AvgIpc) is 2.86. The monoisotopic (exact) mass is 258 g/mol. The maximum Gasteiger partial charge on any atom is 0.165 e. The van der Waals surface area contributed by atoms with Crippen LogP contribution in [0.5, 0.6) is 0 Å². The molecular weight excluding hydrogens is 240 g/mol. The summed E-state index contributed by atoms with van der Waals surface area (Å²) >= 11 is 0. The van der Waals surface area contributed by atoms with Crippen molar-refractivity contribution in [2.24, 2.45) is 5.41 Å². The Morgan fingerprint density at radius 2 is 2.21 bits per heavy atom. The van der Waals surface area contributed by atoms with Gasteiger partial charge in [-0.05, 0) is 24.8 Å². The number of carbonyl (C=O) groups is 1. The summed E-state index contributed by atoms with van der Waals surface area (Å²) in [6, 6.07) is 3.86. The Morgan fingerprint density at radius 3 is 2.89 bits per heavy atom. The van der Waals surface area contributed by atoms with Crippen molar-refractivity contribution in [3.63, 3.8) is 0 Å².